The van der Waals surface area contributed by atoms with Crippen LogP contribution in [0.15, 0.2) is 24.3 Å². The van der Waals surface area contributed by atoms with Crippen LogP contribution in [0.5, 0.6) is 0 Å². The molecule has 1 aromatic rings. The van der Waals surface area contributed by atoms with Crippen LogP contribution < -0.4 is 10.6 Å². The highest BCUT2D eigenvalue weighted by Gasteiger charge is 2.29. The molecule has 2 rings (SSSR count). The molecule has 1 saturated heterocycles. The molecule has 19 heavy (non-hydrogen) atoms. The van der Waals surface area contributed by atoms with Crippen LogP contribution in [0.25, 0.3) is 0 Å². The van der Waals surface area contributed by atoms with Crippen LogP contribution in [0, 0.1) is 11.8 Å². The van der Waals surface area contributed by atoms with Gasteiger partial charge < -0.3 is 10.6 Å². The number of benzene rings is 1. The number of hydrogen-bond acceptors (Lipinski definition) is 2. The van der Waals surface area contributed by atoms with Crippen molar-refractivity contribution < 1.29 is 4.79 Å². The molecule has 0 spiro atoms. The minimum Gasteiger partial charge on any atom is -0.352 e. The minimum atomic E-state index is 0.120. The van der Waals surface area contributed by atoms with Gasteiger partial charge in [-0.15, -0.1) is 0 Å². The standard InChI is InChI=1S/C16H24N2O/c1-11(2)14-6-4-13(5-7-14)9-18-16(19)15-10-17-8-12(15)3/h4-7,11-12,15,17H,8-10H2,1-3H3,(H,18,19). The summed E-state index contributed by atoms with van der Waals surface area (Å²) in [4.78, 5) is 12.1. The van der Waals surface area contributed by atoms with Crippen LogP contribution in [0.1, 0.15) is 37.8 Å². The van der Waals surface area contributed by atoms with E-state index >= 15 is 0 Å². The molecule has 2 unspecified atom stereocenters. The van der Waals surface area contributed by atoms with Crippen molar-refractivity contribution in [2.75, 3.05) is 13.1 Å². The first kappa shape index (κ1) is 14.1. The quantitative estimate of drug-likeness (QED) is 0.872. The Hall–Kier alpha value is -1.35. The molecule has 0 radical (unpaired) electrons. The molecular weight excluding hydrogens is 236 g/mol. The Morgan fingerprint density at radius 3 is 2.53 bits per heavy atom. The lowest BCUT2D eigenvalue weighted by Gasteiger charge is -2.14. The Bertz CT molecular complexity index is 425. The van der Waals surface area contributed by atoms with E-state index in [9.17, 15) is 4.79 Å². The van der Waals surface area contributed by atoms with Gasteiger partial charge in [-0.1, -0.05) is 45.0 Å². The SMILES string of the molecule is CC(C)c1ccc(CNC(=O)C2CNCC2C)cc1. The van der Waals surface area contributed by atoms with Gasteiger partial charge in [0.1, 0.15) is 0 Å². The molecule has 3 nitrogen and oxygen atoms in total. The van der Waals surface area contributed by atoms with Gasteiger partial charge >= 0.3 is 0 Å². The molecule has 2 N–H and O–H groups in total. The van der Waals surface area contributed by atoms with E-state index in [1.54, 1.807) is 0 Å². The van der Waals surface area contributed by atoms with Crippen molar-refractivity contribution in [1.82, 2.24) is 10.6 Å². The van der Waals surface area contributed by atoms with Gasteiger partial charge in [0, 0.05) is 13.1 Å². The Kier molecular flexibility index (Phi) is 4.59. The van der Waals surface area contributed by atoms with E-state index in [1.165, 1.54) is 5.56 Å². The number of carbonyl (C=O) groups excluding carboxylic acids is 1. The summed E-state index contributed by atoms with van der Waals surface area (Å²) >= 11 is 0. The monoisotopic (exact) mass is 260 g/mol. The molecule has 0 bridgehead atoms. The molecule has 1 fully saturated rings. The number of nitrogens with one attached hydrogen (secondary N) is 2. The van der Waals surface area contributed by atoms with E-state index in [0.29, 0.717) is 18.4 Å². The van der Waals surface area contributed by atoms with Crippen LogP contribution in [0.3, 0.4) is 0 Å². The second-order valence-corrected chi connectivity index (χ2v) is 5.86. The lowest BCUT2D eigenvalue weighted by Crippen LogP contribution is -2.33. The van der Waals surface area contributed by atoms with Crippen LogP contribution in [0.4, 0.5) is 0 Å². The van der Waals surface area contributed by atoms with E-state index < -0.39 is 0 Å². The van der Waals surface area contributed by atoms with Crippen LogP contribution in [0.2, 0.25) is 0 Å². The molecule has 0 aliphatic carbocycles. The highest BCUT2D eigenvalue weighted by atomic mass is 16.1. The van der Waals surface area contributed by atoms with E-state index in [0.717, 1.165) is 18.7 Å². The van der Waals surface area contributed by atoms with Crippen molar-refractivity contribution in [3.8, 4) is 0 Å². The second kappa shape index (κ2) is 6.20. The average molecular weight is 260 g/mol. The maximum absolute atomic E-state index is 12.1. The lowest BCUT2D eigenvalue weighted by atomic mass is 9.97. The third kappa shape index (κ3) is 3.57. The Morgan fingerprint density at radius 1 is 1.32 bits per heavy atom. The van der Waals surface area contributed by atoms with Crippen LogP contribution in [-0.2, 0) is 11.3 Å². The molecule has 0 saturated carbocycles. The van der Waals surface area contributed by atoms with E-state index in [2.05, 4.69) is 55.7 Å². The summed E-state index contributed by atoms with van der Waals surface area (Å²) in [5, 5.41) is 6.30. The predicted molar refractivity (Wildman–Crippen MR) is 77.9 cm³/mol. The zero-order chi connectivity index (χ0) is 13.8. The van der Waals surface area contributed by atoms with Crippen molar-refractivity contribution >= 4 is 5.91 Å². The Morgan fingerprint density at radius 2 is 2.00 bits per heavy atom. The summed E-state index contributed by atoms with van der Waals surface area (Å²) in [7, 11) is 0. The number of amides is 1. The summed E-state index contributed by atoms with van der Waals surface area (Å²) in [6.07, 6.45) is 0. The van der Waals surface area contributed by atoms with E-state index in [4.69, 9.17) is 0 Å². The van der Waals surface area contributed by atoms with Crippen molar-refractivity contribution in [3.05, 3.63) is 35.4 Å². The molecule has 1 aliphatic rings. The zero-order valence-electron chi connectivity index (χ0n) is 12.1. The van der Waals surface area contributed by atoms with Crippen molar-refractivity contribution in [2.24, 2.45) is 11.8 Å². The van der Waals surface area contributed by atoms with Gasteiger partial charge in [-0.3, -0.25) is 4.79 Å². The summed E-state index contributed by atoms with van der Waals surface area (Å²) in [6, 6.07) is 8.50. The molecule has 1 amide bonds. The van der Waals surface area contributed by atoms with Crippen molar-refractivity contribution in [1.29, 1.82) is 0 Å². The third-order valence-corrected chi connectivity index (χ3v) is 3.97. The first-order valence-electron chi connectivity index (χ1n) is 7.15. The van der Waals surface area contributed by atoms with Crippen molar-refractivity contribution in [3.63, 3.8) is 0 Å². The molecule has 1 aliphatic heterocycles. The molecule has 2 atom stereocenters. The van der Waals surface area contributed by atoms with Crippen molar-refractivity contribution in [2.45, 2.75) is 33.2 Å². The predicted octanol–water partition coefficient (Wildman–Crippen LogP) is 2.28. The van der Waals surface area contributed by atoms with Gasteiger partial charge in [-0.05, 0) is 29.5 Å². The second-order valence-electron chi connectivity index (χ2n) is 5.86. The highest BCUT2D eigenvalue weighted by molar-refractivity contribution is 5.79. The fourth-order valence-electron chi connectivity index (χ4n) is 2.50. The molecule has 1 aromatic carbocycles. The lowest BCUT2D eigenvalue weighted by molar-refractivity contribution is -0.125. The summed E-state index contributed by atoms with van der Waals surface area (Å²) in [6.45, 7) is 8.87. The fraction of sp³-hybridized carbons (Fsp3) is 0.562. The molecular formula is C16H24N2O. The number of hydrogen-bond donors (Lipinski definition) is 2. The van der Waals surface area contributed by atoms with Gasteiger partial charge in [-0.2, -0.15) is 0 Å². The molecule has 3 heteroatoms. The average Bonchev–Trinajstić information content (AvgIpc) is 2.83. The Balaban J connectivity index is 1.86. The topological polar surface area (TPSA) is 41.1 Å². The number of rotatable bonds is 4. The maximum Gasteiger partial charge on any atom is 0.224 e. The van der Waals surface area contributed by atoms with Gasteiger partial charge in [0.2, 0.25) is 5.91 Å². The van der Waals surface area contributed by atoms with E-state index in [-0.39, 0.29) is 11.8 Å². The largest absolute Gasteiger partial charge is 0.352 e. The first-order valence-corrected chi connectivity index (χ1v) is 7.15. The smallest absolute Gasteiger partial charge is 0.224 e. The third-order valence-electron chi connectivity index (χ3n) is 3.97. The fourth-order valence-corrected chi connectivity index (χ4v) is 2.50. The summed E-state index contributed by atoms with van der Waals surface area (Å²) in [5.74, 6) is 1.28. The first-order chi connectivity index (χ1) is 9.08. The van der Waals surface area contributed by atoms with Gasteiger partial charge in [0.25, 0.3) is 0 Å². The highest BCUT2D eigenvalue weighted by Crippen LogP contribution is 2.17. The molecule has 0 aromatic heterocycles. The Labute approximate surface area is 115 Å². The summed E-state index contributed by atoms with van der Waals surface area (Å²) < 4.78 is 0. The number of carbonyl (C=O) groups is 1. The molecule has 1 heterocycles. The molecule has 104 valence electrons. The summed E-state index contributed by atoms with van der Waals surface area (Å²) in [5.41, 5.74) is 2.50. The normalized spacial score (nSPS) is 22.7. The van der Waals surface area contributed by atoms with Gasteiger partial charge in [0.15, 0.2) is 0 Å². The van der Waals surface area contributed by atoms with Gasteiger partial charge in [-0.25, -0.2) is 0 Å². The zero-order valence-corrected chi connectivity index (χ0v) is 12.1. The minimum absolute atomic E-state index is 0.120. The van der Waals surface area contributed by atoms with Crippen LogP contribution in [-0.4, -0.2) is 19.0 Å². The maximum atomic E-state index is 12.1. The van der Waals surface area contributed by atoms with Crippen LogP contribution >= 0.6 is 0 Å². The van der Waals surface area contributed by atoms with Gasteiger partial charge in [0.05, 0.1) is 5.92 Å². The van der Waals surface area contributed by atoms with E-state index in [1.807, 2.05) is 0 Å².